The van der Waals surface area contributed by atoms with E-state index in [1.54, 1.807) is 21.1 Å². The Morgan fingerprint density at radius 3 is 1.18 bits per heavy atom. The van der Waals surface area contributed by atoms with Crippen LogP contribution in [-0.2, 0) is 28.6 Å². The fraction of sp³-hybridized carbons (Fsp3) is 0.526. The van der Waals surface area contributed by atoms with E-state index in [0.717, 1.165) is 96.3 Å². The number of carboxylic acids is 1. The summed E-state index contributed by atoms with van der Waals surface area (Å²) in [4.78, 5) is 37.0. The average molecular weight is 898 g/mol. The van der Waals surface area contributed by atoms with Crippen molar-refractivity contribution in [3.05, 3.63) is 146 Å². The lowest BCUT2D eigenvalue weighted by Gasteiger charge is -2.34. The van der Waals surface area contributed by atoms with Gasteiger partial charge in [0, 0.05) is 19.3 Å². The fourth-order valence-electron chi connectivity index (χ4n) is 6.03. The number of aliphatic carboxylic acids is 1. The second-order valence-corrected chi connectivity index (χ2v) is 16.6. The van der Waals surface area contributed by atoms with Gasteiger partial charge in [0.05, 0.1) is 40.3 Å². The first kappa shape index (κ1) is 60.2. The fourth-order valence-corrected chi connectivity index (χ4v) is 6.03. The zero-order valence-electron chi connectivity index (χ0n) is 41.1. The van der Waals surface area contributed by atoms with Crippen LogP contribution in [0.2, 0.25) is 0 Å². The number of carbonyl (C=O) groups is 3. The molecule has 362 valence electrons. The zero-order chi connectivity index (χ0) is 47.7. The number of esters is 2. The Hall–Kier alpha value is -4.79. The number of carbonyl (C=O) groups excluding carboxylic acids is 3. The molecule has 0 bridgehead atoms. The summed E-state index contributed by atoms with van der Waals surface area (Å²) in [5.74, 6) is -1.89. The van der Waals surface area contributed by atoms with Gasteiger partial charge in [-0.25, -0.2) is 0 Å². The van der Waals surface area contributed by atoms with Crippen molar-refractivity contribution < 1.29 is 38.2 Å². The molecule has 0 heterocycles. The zero-order valence-corrected chi connectivity index (χ0v) is 41.1. The number of nitrogens with zero attached hydrogens (tertiary/aromatic N) is 1. The maximum Gasteiger partial charge on any atom is 0.306 e. The van der Waals surface area contributed by atoms with Crippen LogP contribution >= 0.6 is 0 Å². The number of allylic oxidation sites excluding steroid dienone is 24. The van der Waals surface area contributed by atoms with E-state index in [4.69, 9.17) is 14.2 Å². The number of unbranched alkanes of at least 4 members (excludes halogenated alkanes) is 3. The van der Waals surface area contributed by atoms with E-state index in [-0.39, 0.29) is 49.5 Å². The summed E-state index contributed by atoms with van der Waals surface area (Å²) in [6.45, 7) is 4.29. The Labute approximate surface area is 395 Å². The predicted octanol–water partition coefficient (Wildman–Crippen LogP) is 12.8. The maximum absolute atomic E-state index is 12.7. The van der Waals surface area contributed by atoms with Crippen LogP contribution in [0.25, 0.3) is 0 Å². The molecule has 8 nitrogen and oxygen atoms in total. The lowest BCUT2D eigenvalue weighted by molar-refractivity contribution is -0.889. The number of carboxylic acid groups (broad SMARTS) is 1. The van der Waals surface area contributed by atoms with Gasteiger partial charge in [0.25, 0.3) is 0 Å². The lowest BCUT2D eigenvalue weighted by atomic mass is 10.1. The summed E-state index contributed by atoms with van der Waals surface area (Å²) in [5, 5.41) is 11.7. The quantitative estimate of drug-likeness (QED) is 0.0261. The predicted molar refractivity (Wildman–Crippen MR) is 272 cm³/mol. The average Bonchev–Trinajstić information content (AvgIpc) is 3.27. The molecule has 2 unspecified atom stereocenters. The summed E-state index contributed by atoms with van der Waals surface area (Å²) in [5.41, 5.74) is 0. The normalized spacial score (nSPS) is 14.2. The maximum atomic E-state index is 12.7. The van der Waals surface area contributed by atoms with Gasteiger partial charge >= 0.3 is 11.9 Å². The number of quaternary nitrogens is 1. The van der Waals surface area contributed by atoms with Gasteiger partial charge in [-0.05, 0) is 109 Å². The van der Waals surface area contributed by atoms with Crippen molar-refractivity contribution in [1.82, 2.24) is 0 Å². The van der Waals surface area contributed by atoms with Gasteiger partial charge < -0.3 is 28.6 Å². The number of ether oxygens (including phenoxy) is 3. The molecule has 8 heteroatoms. The number of likely N-dealkylation sites (N-methyl/N-ethyl adjacent to an activating group) is 1. The number of hydrogen-bond donors (Lipinski definition) is 0. The van der Waals surface area contributed by atoms with E-state index in [1.165, 1.54) is 0 Å². The SMILES string of the molecule is CC/C=C/C/C=C/C/C=C/C/C=C/C/C=C/C/C=C/CCCCC(=O)OCC(COCCC(C(=O)[O-])[N+](C)(C)C)OC(=O)CCC/C=C/C/C=C/C/C=C/C/C=C/C/C=C/C/C=C/CC. The molecule has 0 aromatic heterocycles. The summed E-state index contributed by atoms with van der Waals surface area (Å²) in [6.07, 6.45) is 67.4. The molecule has 0 amide bonds. The van der Waals surface area contributed by atoms with Gasteiger partial charge in [-0.3, -0.25) is 9.59 Å². The first-order chi connectivity index (χ1) is 31.6. The highest BCUT2D eigenvalue weighted by Gasteiger charge is 2.25. The summed E-state index contributed by atoms with van der Waals surface area (Å²) in [6, 6.07) is -0.754. The molecular formula is C57H87NO7. The molecule has 0 aliphatic heterocycles. The van der Waals surface area contributed by atoms with Gasteiger partial charge in [0.2, 0.25) is 0 Å². The Morgan fingerprint density at radius 2 is 0.815 bits per heavy atom. The van der Waals surface area contributed by atoms with Crippen LogP contribution in [-0.4, -0.2) is 75.5 Å². The van der Waals surface area contributed by atoms with Crippen molar-refractivity contribution in [2.45, 2.75) is 154 Å². The Bertz CT molecular complexity index is 1560. The third-order valence-electron chi connectivity index (χ3n) is 9.72. The monoisotopic (exact) mass is 898 g/mol. The van der Waals surface area contributed by atoms with Crippen molar-refractivity contribution in [1.29, 1.82) is 0 Å². The van der Waals surface area contributed by atoms with E-state index < -0.39 is 24.1 Å². The second-order valence-electron chi connectivity index (χ2n) is 16.6. The molecule has 0 saturated heterocycles. The molecule has 0 aliphatic rings. The molecule has 0 N–H and O–H groups in total. The largest absolute Gasteiger partial charge is 0.544 e. The Morgan fingerprint density at radius 1 is 0.462 bits per heavy atom. The molecule has 0 aliphatic carbocycles. The van der Waals surface area contributed by atoms with Gasteiger partial charge in [-0.15, -0.1) is 0 Å². The Balaban J connectivity index is 4.51. The summed E-state index contributed by atoms with van der Waals surface area (Å²) >= 11 is 0. The van der Waals surface area contributed by atoms with Gasteiger partial charge in [-0.1, -0.05) is 160 Å². The first-order valence-corrected chi connectivity index (χ1v) is 24.4. The van der Waals surface area contributed by atoms with Crippen LogP contribution in [0.15, 0.2) is 146 Å². The van der Waals surface area contributed by atoms with Crippen molar-refractivity contribution >= 4 is 17.9 Å². The van der Waals surface area contributed by atoms with Gasteiger partial charge in [-0.2, -0.15) is 0 Å². The molecule has 0 saturated carbocycles. The Kier molecular flexibility index (Phi) is 42.4. The van der Waals surface area contributed by atoms with Crippen molar-refractivity contribution in [3.63, 3.8) is 0 Å². The highest BCUT2D eigenvalue weighted by atomic mass is 16.6. The van der Waals surface area contributed by atoms with E-state index in [9.17, 15) is 19.5 Å². The van der Waals surface area contributed by atoms with E-state index in [1.807, 2.05) is 0 Å². The molecule has 0 aromatic rings. The molecule has 65 heavy (non-hydrogen) atoms. The van der Waals surface area contributed by atoms with Crippen molar-refractivity contribution in [2.75, 3.05) is 41.0 Å². The third-order valence-corrected chi connectivity index (χ3v) is 9.72. The van der Waals surface area contributed by atoms with Crippen molar-refractivity contribution in [2.24, 2.45) is 0 Å². The van der Waals surface area contributed by atoms with E-state index in [2.05, 4.69) is 160 Å². The molecule has 0 aromatic carbocycles. The van der Waals surface area contributed by atoms with Crippen LogP contribution in [0.4, 0.5) is 0 Å². The number of rotatable bonds is 41. The molecule has 0 fully saturated rings. The molecule has 0 spiro atoms. The first-order valence-electron chi connectivity index (χ1n) is 24.4. The van der Waals surface area contributed by atoms with E-state index >= 15 is 0 Å². The second kappa shape index (κ2) is 45.8. The number of hydrogen-bond acceptors (Lipinski definition) is 7. The van der Waals surface area contributed by atoms with Crippen LogP contribution in [0.5, 0.6) is 0 Å². The molecule has 2 atom stereocenters. The minimum Gasteiger partial charge on any atom is -0.544 e. The topological polar surface area (TPSA) is 102 Å². The smallest absolute Gasteiger partial charge is 0.306 e. The summed E-state index contributed by atoms with van der Waals surface area (Å²) in [7, 11) is 5.36. The van der Waals surface area contributed by atoms with Crippen LogP contribution in [0.3, 0.4) is 0 Å². The standard InChI is InChI=1S/C57H87NO7/c1-6-8-10-12-14-16-18-20-22-24-26-28-30-31-33-35-37-39-41-43-45-47-55(59)64-52-53(51-63-50-49-54(57(61)62)58(3,4)5)65-56(60)48-46-44-42-40-38-36-34-32-29-27-25-23-21-19-17-15-13-11-9-7-2/h8-11,14-17,20-23,26-29,31,33-34,36-37,39-40,42,53-54H,6-7,12-13,18-19,24-25,30,32,35,38,41,43-52H2,1-5H3/b10-8+,11-9+,16-14+,17-15+,22-20+,23-21+,28-26+,29-27+,33-31+,36-34+,39-37+,42-40+. The van der Waals surface area contributed by atoms with Crippen molar-refractivity contribution in [3.8, 4) is 0 Å². The lowest BCUT2D eigenvalue weighted by Crippen LogP contribution is -2.55. The van der Waals surface area contributed by atoms with Gasteiger partial charge in [0.15, 0.2) is 6.10 Å². The van der Waals surface area contributed by atoms with Gasteiger partial charge in [0.1, 0.15) is 12.6 Å². The highest BCUT2D eigenvalue weighted by Crippen LogP contribution is 2.10. The molecule has 0 radical (unpaired) electrons. The minimum absolute atomic E-state index is 0.00817. The third kappa shape index (κ3) is 44.2. The minimum atomic E-state index is -1.15. The van der Waals surface area contributed by atoms with Crippen LogP contribution < -0.4 is 5.11 Å². The van der Waals surface area contributed by atoms with Crippen LogP contribution in [0, 0.1) is 0 Å². The molecular weight excluding hydrogens is 811 g/mol. The van der Waals surface area contributed by atoms with Crippen LogP contribution in [0.1, 0.15) is 142 Å². The van der Waals surface area contributed by atoms with E-state index in [0.29, 0.717) is 12.8 Å². The molecule has 0 rings (SSSR count). The summed E-state index contributed by atoms with van der Waals surface area (Å²) < 4.78 is 17.1. The highest BCUT2D eigenvalue weighted by molar-refractivity contribution is 5.70.